The molecule has 0 aliphatic carbocycles. The molecule has 0 heterocycles. The van der Waals surface area contributed by atoms with Crippen LogP contribution in [-0.2, 0) is 14.4 Å². The molecule has 0 aliphatic rings. The van der Waals surface area contributed by atoms with E-state index in [1.54, 1.807) is 30.3 Å². The van der Waals surface area contributed by atoms with E-state index in [2.05, 4.69) is 16.0 Å². The Kier molecular flexibility index (Phi) is 10.4. The molecule has 0 aromatic heterocycles. The monoisotopic (exact) mass is 423 g/mol. The number of urea groups is 1. The van der Waals surface area contributed by atoms with Gasteiger partial charge >= 0.3 is 23.9 Å². The van der Waals surface area contributed by atoms with Crippen molar-refractivity contribution in [1.82, 2.24) is 16.0 Å². The molecule has 164 valence electrons. The number of benzene rings is 1. The lowest BCUT2D eigenvalue weighted by atomic mass is 10.1. The van der Waals surface area contributed by atoms with Crippen LogP contribution in [-0.4, -0.2) is 63.8 Å². The zero-order chi connectivity index (χ0) is 22.5. The van der Waals surface area contributed by atoms with Crippen LogP contribution in [0.4, 0.5) is 4.79 Å². The van der Waals surface area contributed by atoms with Crippen LogP contribution < -0.4 is 16.0 Å². The minimum Gasteiger partial charge on any atom is -0.481 e. The lowest BCUT2D eigenvalue weighted by molar-refractivity contribution is -0.140. The first-order valence-electron chi connectivity index (χ1n) is 9.28. The van der Waals surface area contributed by atoms with Gasteiger partial charge in [0.1, 0.15) is 12.1 Å². The predicted octanol–water partition coefficient (Wildman–Crippen LogP) is 0.657. The highest BCUT2D eigenvalue weighted by molar-refractivity contribution is 5.94. The van der Waals surface area contributed by atoms with Gasteiger partial charge in [-0.15, -0.1) is 0 Å². The molecule has 0 unspecified atom stereocenters. The molecule has 6 N–H and O–H groups in total. The third-order valence-electron chi connectivity index (χ3n) is 4.09. The van der Waals surface area contributed by atoms with E-state index >= 15 is 0 Å². The van der Waals surface area contributed by atoms with Gasteiger partial charge in [-0.1, -0.05) is 18.2 Å². The Labute approximate surface area is 172 Å². The first-order valence-corrected chi connectivity index (χ1v) is 9.28. The predicted molar refractivity (Wildman–Crippen MR) is 104 cm³/mol. The van der Waals surface area contributed by atoms with Gasteiger partial charge in [-0.25, -0.2) is 14.4 Å². The summed E-state index contributed by atoms with van der Waals surface area (Å²) in [5.74, 6) is -4.18. The highest BCUT2D eigenvalue weighted by atomic mass is 16.4. The Bertz CT molecular complexity index is 753. The fourth-order valence-electron chi connectivity index (χ4n) is 2.51. The van der Waals surface area contributed by atoms with Crippen LogP contribution in [0.1, 0.15) is 42.5 Å². The smallest absolute Gasteiger partial charge is 0.326 e. The third-order valence-corrected chi connectivity index (χ3v) is 4.09. The van der Waals surface area contributed by atoms with Gasteiger partial charge < -0.3 is 31.3 Å². The van der Waals surface area contributed by atoms with E-state index in [-0.39, 0.29) is 18.7 Å². The van der Waals surface area contributed by atoms with Gasteiger partial charge in [0.25, 0.3) is 5.91 Å². The van der Waals surface area contributed by atoms with E-state index in [0.717, 1.165) is 0 Å². The van der Waals surface area contributed by atoms with Gasteiger partial charge in [0.05, 0.1) is 0 Å². The summed E-state index contributed by atoms with van der Waals surface area (Å²) in [6.45, 7) is 0.322. The minimum absolute atomic E-state index is 0.0663. The van der Waals surface area contributed by atoms with Crippen molar-refractivity contribution >= 4 is 29.8 Å². The second kappa shape index (κ2) is 12.8. The van der Waals surface area contributed by atoms with Crippen LogP contribution in [0.5, 0.6) is 0 Å². The second-order valence-corrected chi connectivity index (χ2v) is 6.45. The van der Waals surface area contributed by atoms with Crippen LogP contribution >= 0.6 is 0 Å². The number of hydrogen-bond acceptors (Lipinski definition) is 5. The van der Waals surface area contributed by atoms with Crippen molar-refractivity contribution in [2.24, 2.45) is 0 Å². The van der Waals surface area contributed by atoms with Crippen molar-refractivity contribution in [2.45, 2.75) is 44.2 Å². The van der Waals surface area contributed by atoms with Crippen molar-refractivity contribution in [3.63, 3.8) is 0 Å². The molecule has 0 fully saturated rings. The summed E-state index contributed by atoms with van der Waals surface area (Å²) in [7, 11) is 0. The Morgan fingerprint density at radius 3 is 1.90 bits per heavy atom. The third kappa shape index (κ3) is 9.53. The highest BCUT2D eigenvalue weighted by Crippen LogP contribution is 2.04. The summed E-state index contributed by atoms with van der Waals surface area (Å²) < 4.78 is 0. The number of carboxylic acid groups (broad SMARTS) is 3. The molecule has 2 atom stereocenters. The van der Waals surface area contributed by atoms with E-state index in [4.69, 9.17) is 10.2 Å². The highest BCUT2D eigenvalue weighted by Gasteiger charge is 2.24. The zero-order valence-corrected chi connectivity index (χ0v) is 16.2. The fraction of sp³-hybridized carbons (Fsp3) is 0.421. The van der Waals surface area contributed by atoms with E-state index in [1.165, 1.54) is 0 Å². The van der Waals surface area contributed by atoms with Crippen molar-refractivity contribution in [3.8, 4) is 0 Å². The molecule has 0 bridgehead atoms. The number of carboxylic acids is 3. The van der Waals surface area contributed by atoms with Crippen molar-refractivity contribution < 1.29 is 39.3 Å². The second-order valence-electron chi connectivity index (χ2n) is 6.45. The molecular weight excluding hydrogens is 398 g/mol. The molecule has 0 saturated carbocycles. The maximum atomic E-state index is 11.9. The summed E-state index contributed by atoms with van der Waals surface area (Å²) in [6.07, 6.45) is 0.123. The van der Waals surface area contributed by atoms with Gasteiger partial charge in [0, 0.05) is 18.5 Å². The first-order chi connectivity index (χ1) is 14.2. The van der Waals surface area contributed by atoms with Crippen LogP contribution in [0.2, 0.25) is 0 Å². The number of rotatable bonds is 13. The van der Waals surface area contributed by atoms with Crippen LogP contribution in [0.3, 0.4) is 0 Å². The normalized spacial score (nSPS) is 12.3. The first kappa shape index (κ1) is 24.4. The number of amides is 3. The van der Waals surface area contributed by atoms with Gasteiger partial charge in [-0.05, 0) is 37.8 Å². The number of unbranched alkanes of at least 4 members (excludes halogenated alkanes) is 1. The lowest BCUT2D eigenvalue weighted by Crippen LogP contribution is -2.51. The molecule has 1 rings (SSSR count). The van der Waals surface area contributed by atoms with E-state index in [0.29, 0.717) is 24.9 Å². The topological polar surface area (TPSA) is 182 Å². The molecule has 1 aromatic rings. The zero-order valence-electron chi connectivity index (χ0n) is 16.2. The lowest BCUT2D eigenvalue weighted by Gasteiger charge is -2.18. The van der Waals surface area contributed by atoms with Crippen LogP contribution in [0.25, 0.3) is 0 Å². The number of hydrogen-bond donors (Lipinski definition) is 6. The van der Waals surface area contributed by atoms with Gasteiger partial charge in [0.15, 0.2) is 0 Å². The maximum Gasteiger partial charge on any atom is 0.326 e. The average Bonchev–Trinajstić information content (AvgIpc) is 2.69. The quantitative estimate of drug-likeness (QED) is 0.250. The summed E-state index contributed by atoms with van der Waals surface area (Å²) in [4.78, 5) is 56.7. The van der Waals surface area contributed by atoms with E-state index in [9.17, 15) is 29.1 Å². The van der Waals surface area contributed by atoms with Crippen LogP contribution in [0, 0.1) is 0 Å². The number of carbonyl (C=O) groups excluding carboxylic acids is 2. The summed E-state index contributed by atoms with van der Waals surface area (Å²) in [6, 6.07) is 4.86. The molecule has 11 heteroatoms. The molecule has 11 nitrogen and oxygen atoms in total. The molecule has 0 radical (unpaired) electrons. The maximum absolute atomic E-state index is 11.9. The molecule has 1 aromatic carbocycles. The van der Waals surface area contributed by atoms with Gasteiger partial charge in [-0.3, -0.25) is 9.59 Å². The van der Waals surface area contributed by atoms with Gasteiger partial charge in [0.2, 0.25) is 0 Å². The number of carbonyl (C=O) groups is 5. The molecule has 0 saturated heterocycles. The number of aliphatic carboxylic acids is 3. The Morgan fingerprint density at radius 1 is 0.800 bits per heavy atom. The number of nitrogens with one attached hydrogen (secondary N) is 3. The summed E-state index contributed by atoms with van der Waals surface area (Å²) >= 11 is 0. The van der Waals surface area contributed by atoms with Crippen LogP contribution in [0.15, 0.2) is 30.3 Å². The SMILES string of the molecule is O=C(O)CC[C@H](NC(=O)N[C@@H](CCCCNC(=O)c1ccccc1)C(=O)O)C(=O)O. The Hall–Kier alpha value is -3.63. The van der Waals surface area contributed by atoms with E-state index in [1.807, 2.05) is 0 Å². The van der Waals surface area contributed by atoms with Gasteiger partial charge in [-0.2, -0.15) is 0 Å². The molecule has 3 amide bonds. The fourth-order valence-corrected chi connectivity index (χ4v) is 2.51. The van der Waals surface area contributed by atoms with Crippen molar-refractivity contribution in [3.05, 3.63) is 35.9 Å². The molecule has 30 heavy (non-hydrogen) atoms. The summed E-state index contributed by atoms with van der Waals surface area (Å²) in [5, 5.41) is 33.8. The van der Waals surface area contributed by atoms with Crippen molar-refractivity contribution in [2.75, 3.05) is 6.54 Å². The molecular formula is C19H25N3O8. The minimum atomic E-state index is -1.45. The van der Waals surface area contributed by atoms with E-state index < -0.39 is 42.4 Å². The Balaban J connectivity index is 2.39. The standard InChI is InChI=1S/C19H25N3O8/c23-15(24)10-9-14(18(28)29)22-19(30)21-13(17(26)27)8-4-5-11-20-16(25)12-6-2-1-3-7-12/h1-3,6-7,13-14H,4-5,8-11H2,(H,20,25)(H,23,24)(H,26,27)(H,28,29)(H2,21,22,30)/t13-,14-/m0/s1. The largest absolute Gasteiger partial charge is 0.481 e. The molecule has 0 aliphatic heterocycles. The average molecular weight is 423 g/mol. The Morgan fingerprint density at radius 2 is 1.37 bits per heavy atom. The molecule has 0 spiro atoms. The van der Waals surface area contributed by atoms with Crippen molar-refractivity contribution in [1.29, 1.82) is 0 Å². The summed E-state index contributed by atoms with van der Waals surface area (Å²) in [5.41, 5.74) is 0.509.